The lowest BCUT2D eigenvalue weighted by molar-refractivity contribution is 0.102. The van der Waals surface area contributed by atoms with Crippen molar-refractivity contribution < 1.29 is 13.6 Å². The predicted octanol–water partition coefficient (Wildman–Crippen LogP) is 3.85. The van der Waals surface area contributed by atoms with Crippen molar-refractivity contribution in [3.8, 4) is 6.07 Å². The maximum atomic E-state index is 13.1. The van der Waals surface area contributed by atoms with Crippen LogP contribution in [0.3, 0.4) is 0 Å². The Hall–Kier alpha value is -2.26. The fourth-order valence-corrected chi connectivity index (χ4v) is 1.91. The molecule has 0 aromatic heterocycles. The zero-order valence-electron chi connectivity index (χ0n) is 9.95. The van der Waals surface area contributed by atoms with Gasteiger partial charge >= 0.3 is 0 Å². The monoisotopic (exact) mass is 336 g/mol. The van der Waals surface area contributed by atoms with Crippen LogP contribution in [0, 0.1) is 23.0 Å². The van der Waals surface area contributed by atoms with Crippen molar-refractivity contribution in [1.29, 1.82) is 5.26 Å². The van der Waals surface area contributed by atoms with E-state index in [0.29, 0.717) is 10.2 Å². The van der Waals surface area contributed by atoms with Crippen LogP contribution in [-0.4, -0.2) is 5.91 Å². The van der Waals surface area contributed by atoms with Crippen LogP contribution in [0.1, 0.15) is 15.9 Å². The van der Waals surface area contributed by atoms with Gasteiger partial charge in [-0.25, -0.2) is 8.78 Å². The molecule has 0 spiro atoms. The second-order valence-electron chi connectivity index (χ2n) is 3.88. The number of carbonyl (C=O) groups is 1. The SMILES string of the molecule is N#Cc1cc(Br)ccc1NC(=O)c1ccc(F)c(F)c1. The molecule has 2 aromatic rings. The van der Waals surface area contributed by atoms with Crippen LogP contribution in [0.2, 0.25) is 0 Å². The van der Waals surface area contributed by atoms with E-state index in [9.17, 15) is 13.6 Å². The number of halogens is 3. The number of nitriles is 1. The van der Waals surface area contributed by atoms with E-state index in [2.05, 4.69) is 21.2 Å². The number of rotatable bonds is 2. The first-order valence-corrected chi connectivity index (χ1v) is 6.26. The molecule has 20 heavy (non-hydrogen) atoms. The second kappa shape index (κ2) is 5.80. The number of benzene rings is 2. The number of amides is 1. The fourth-order valence-electron chi connectivity index (χ4n) is 1.55. The van der Waals surface area contributed by atoms with Crippen molar-refractivity contribution in [3.05, 3.63) is 63.6 Å². The van der Waals surface area contributed by atoms with E-state index in [4.69, 9.17) is 5.26 Å². The summed E-state index contributed by atoms with van der Waals surface area (Å²) in [6, 6.07) is 9.51. The molecule has 3 nitrogen and oxygen atoms in total. The second-order valence-corrected chi connectivity index (χ2v) is 4.80. The van der Waals surface area contributed by atoms with Crippen LogP contribution >= 0.6 is 15.9 Å². The summed E-state index contributed by atoms with van der Waals surface area (Å²) < 4.78 is 26.6. The van der Waals surface area contributed by atoms with E-state index in [0.717, 1.165) is 12.1 Å². The summed E-state index contributed by atoms with van der Waals surface area (Å²) in [7, 11) is 0. The quantitative estimate of drug-likeness (QED) is 0.905. The van der Waals surface area contributed by atoms with E-state index in [1.54, 1.807) is 18.2 Å². The Morgan fingerprint density at radius 1 is 1.15 bits per heavy atom. The third-order valence-electron chi connectivity index (χ3n) is 2.53. The van der Waals surface area contributed by atoms with E-state index in [1.165, 1.54) is 6.07 Å². The lowest BCUT2D eigenvalue weighted by Crippen LogP contribution is -2.13. The van der Waals surface area contributed by atoms with Crippen molar-refractivity contribution in [3.63, 3.8) is 0 Å². The number of nitrogens with zero attached hydrogens (tertiary/aromatic N) is 1. The topological polar surface area (TPSA) is 52.9 Å². The summed E-state index contributed by atoms with van der Waals surface area (Å²) in [5, 5.41) is 11.5. The van der Waals surface area contributed by atoms with Gasteiger partial charge in [-0.15, -0.1) is 0 Å². The van der Waals surface area contributed by atoms with Gasteiger partial charge in [0.1, 0.15) is 6.07 Å². The molecule has 0 aliphatic rings. The molecular formula is C14H7BrF2N2O. The Bertz CT molecular complexity index is 726. The summed E-state index contributed by atoms with van der Waals surface area (Å²) >= 11 is 3.21. The molecule has 100 valence electrons. The Kier molecular flexibility index (Phi) is 4.11. The predicted molar refractivity (Wildman–Crippen MR) is 73.2 cm³/mol. The summed E-state index contributed by atoms with van der Waals surface area (Å²) in [6.07, 6.45) is 0. The van der Waals surface area contributed by atoms with Gasteiger partial charge in [-0.05, 0) is 36.4 Å². The average Bonchev–Trinajstić information content (AvgIpc) is 2.43. The Morgan fingerprint density at radius 3 is 2.55 bits per heavy atom. The summed E-state index contributed by atoms with van der Waals surface area (Å²) in [5.74, 6) is -2.75. The largest absolute Gasteiger partial charge is 0.321 e. The van der Waals surface area contributed by atoms with E-state index >= 15 is 0 Å². The number of carbonyl (C=O) groups excluding carboxylic acids is 1. The average molecular weight is 337 g/mol. The van der Waals surface area contributed by atoms with Gasteiger partial charge in [0.2, 0.25) is 0 Å². The molecule has 2 rings (SSSR count). The highest BCUT2D eigenvalue weighted by Crippen LogP contribution is 2.21. The number of hydrogen-bond donors (Lipinski definition) is 1. The highest BCUT2D eigenvalue weighted by molar-refractivity contribution is 9.10. The van der Waals surface area contributed by atoms with E-state index < -0.39 is 17.5 Å². The minimum atomic E-state index is -1.10. The molecule has 2 aromatic carbocycles. The minimum Gasteiger partial charge on any atom is -0.321 e. The minimum absolute atomic E-state index is 0.0318. The van der Waals surface area contributed by atoms with Gasteiger partial charge < -0.3 is 5.32 Å². The number of anilines is 1. The van der Waals surface area contributed by atoms with Crippen LogP contribution in [-0.2, 0) is 0 Å². The van der Waals surface area contributed by atoms with Crippen molar-refractivity contribution >= 4 is 27.5 Å². The standard InChI is InChI=1S/C14H7BrF2N2O/c15-10-2-4-13(9(5-10)7-18)19-14(20)8-1-3-11(16)12(17)6-8/h1-6H,(H,19,20). The van der Waals surface area contributed by atoms with Gasteiger partial charge in [-0.2, -0.15) is 5.26 Å². The molecule has 0 radical (unpaired) electrons. The lowest BCUT2D eigenvalue weighted by Gasteiger charge is -2.07. The molecule has 6 heteroatoms. The van der Waals surface area contributed by atoms with Crippen molar-refractivity contribution in [2.24, 2.45) is 0 Å². The van der Waals surface area contributed by atoms with Crippen molar-refractivity contribution in [2.45, 2.75) is 0 Å². The molecule has 0 bridgehead atoms. The lowest BCUT2D eigenvalue weighted by atomic mass is 10.1. The van der Waals surface area contributed by atoms with Gasteiger partial charge in [0.05, 0.1) is 11.3 Å². The van der Waals surface area contributed by atoms with Crippen molar-refractivity contribution in [1.82, 2.24) is 0 Å². The third-order valence-corrected chi connectivity index (χ3v) is 3.03. The summed E-state index contributed by atoms with van der Waals surface area (Å²) in [5.41, 5.74) is 0.524. The van der Waals surface area contributed by atoms with E-state index in [1.807, 2.05) is 6.07 Å². The summed E-state index contributed by atoms with van der Waals surface area (Å²) in [4.78, 5) is 11.9. The first kappa shape index (κ1) is 14.2. The molecule has 0 saturated heterocycles. The van der Waals surface area contributed by atoms with Crippen LogP contribution < -0.4 is 5.32 Å². The first-order valence-electron chi connectivity index (χ1n) is 5.47. The van der Waals surface area contributed by atoms with Gasteiger partial charge in [0.15, 0.2) is 11.6 Å². The van der Waals surface area contributed by atoms with Crippen molar-refractivity contribution in [2.75, 3.05) is 5.32 Å². The molecule has 1 N–H and O–H groups in total. The maximum Gasteiger partial charge on any atom is 0.255 e. The molecule has 0 saturated carbocycles. The Morgan fingerprint density at radius 2 is 1.90 bits per heavy atom. The van der Waals surface area contributed by atoms with Gasteiger partial charge in [0, 0.05) is 10.0 Å². The highest BCUT2D eigenvalue weighted by Gasteiger charge is 2.12. The highest BCUT2D eigenvalue weighted by atomic mass is 79.9. The smallest absolute Gasteiger partial charge is 0.255 e. The summed E-state index contributed by atoms with van der Waals surface area (Å²) in [6.45, 7) is 0. The van der Waals surface area contributed by atoms with Crippen LogP contribution in [0.15, 0.2) is 40.9 Å². The van der Waals surface area contributed by atoms with Gasteiger partial charge in [-0.3, -0.25) is 4.79 Å². The maximum absolute atomic E-state index is 13.1. The first-order chi connectivity index (χ1) is 9.51. The molecule has 0 aliphatic carbocycles. The van der Waals surface area contributed by atoms with Crippen LogP contribution in [0.25, 0.3) is 0 Å². The molecule has 0 atom stereocenters. The molecular weight excluding hydrogens is 330 g/mol. The number of hydrogen-bond acceptors (Lipinski definition) is 2. The fraction of sp³-hybridized carbons (Fsp3) is 0. The molecule has 0 heterocycles. The van der Waals surface area contributed by atoms with Crippen LogP contribution in [0.5, 0.6) is 0 Å². The number of nitrogens with one attached hydrogen (secondary N) is 1. The van der Waals surface area contributed by atoms with Gasteiger partial charge in [-0.1, -0.05) is 15.9 Å². The zero-order valence-corrected chi connectivity index (χ0v) is 11.5. The van der Waals surface area contributed by atoms with Crippen LogP contribution in [0.4, 0.5) is 14.5 Å². The Labute approximate surface area is 122 Å². The molecule has 0 aliphatic heterocycles. The van der Waals surface area contributed by atoms with Gasteiger partial charge in [0.25, 0.3) is 5.91 Å². The molecule has 0 unspecified atom stereocenters. The molecule has 0 fully saturated rings. The molecule has 1 amide bonds. The van der Waals surface area contributed by atoms with E-state index in [-0.39, 0.29) is 11.1 Å². The zero-order chi connectivity index (χ0) is 14.7. The normalized spacial score (nSPS) is 9.90. The third kappa shape index (κ3) is 3.00. The Balaban J connectivity index is 2.28.